The zero-order valence-electron chi connectivity index (χ0n) is 14.5. The van der Waals surface area contributed by atoms with Crippen LogP contribution >= 0.6 is 11.8 Å². The van der Waals surface area contributed by atoms with Crippen LogP contribution in [-0.2, 0) is 16.0 Å². The molecule has 2 atom stereocenters. The van der Waals surface area contributed by atoms with E-state index in [2.05, 4.69) is 11.8 Å². The maximum absolute atomic E-state index is 12.2. The fourth-order valence-electron chi connectivity index (χ4n) is 2.69. The first-order valence-electron chi connectivity index (χ1n) is 8.49. The average Bonchev–Trinajstić information content (AvgIpc) is 3.10. The van der Waals surface area contributed by atoms with Crippen molar-refractivity contribution in [3.8, 4) is 11.8 Å². The van der Waals surface area contributed by atoms with Crippen LogP contribution in [-0.4, -0.2) is 57.2 Å². The minimum absolute atomic E-state index is 0.0241. The van der Waals surface area contributed by atoms with Crippen molar-refractivity contribution in [3.05, 3.63) is 36.3 Å². The monoisotopic (exact) mass is 377 g/mol. The van der Waals surface area contributed by atoms with Gasteiger partial charge in [0.05, 0.1) is 36.5 Å². The molecular formula is C19H23NO5S. The van der Waals surface area contributed by atoms with Crippen molar-refractivity contribution in [1.29, 1.82) is 0 Å². The van der Waals surface area contributed by atoms with Crippen molar-refractivity contribution < 1.29 is 24.2 Å². The molecule has 2 heterocycles. The summed E-state index contributed by atoms with van der Waals surface area (Å²) in [5.74, 6) is 6.19. The lowest BCUT2D eigenvalue weighted by Crippen LogP contribution is -2.42. The van der Waals surface area contributed by atoms with Crippen molar-refractivity contribution in [1.82, 2.24) is 4.90 Å². The molecule has 2 rings (SSSR count). The molecule has 26 heavy (non-hydrogen) atoms. The van der Waals surface area contributed by atoms with Gasteiger partial charge in [0.25, 0.3) is 0 Å². The van der Waals surface area contributed by atoms with Crippen LogP contribution in [0.25, 0.3) is 0 Å². The standard InChI is InChI=1S/C19H23NO5S/c21-16(13-17-6-4-11-25-17)9-8-15-5-3-7-18(22)20(15)10-1-2-12-26-14-19(23)24/h4,6,8-9,11,15-16,21H,3,5,7,10,12-14H2,(H,23,24)/b9-8+/t15-,16?/m1/s1. The highest BCUT2D eigenvalue weighted by Crippen LogP contribution is 2.19. The van der Waals surface area contributed by atoms with Gasteiger partial charge in [-0.3, -0.25) is 9.59 Å². The van der Waals surface area contributed by atoms with Gasteiger partial charge in [-0.2, -0.15) is 0 Å². The van der Waals surface area contributed by atoms with E-state index in [1.807, 2.05) is 12.1 Å². The third-order valence-electron chi connectivity index (χ3n) is 3.93. The van der Waals surface area contributed by atoms with Crippen LogP contribution in [0.3, 0.4) is 0 Å². The van der Waals surface area contributed by atoms with Gasteiger partial charge in [0, 0.05) is 12.8 Å². The van der Waals surface area contributed by atoms with E-state index in [0.717, 1.165) is 12.8 Å². The lowest BCUT2D eigenvalue weighted by Gasteiger charge is -2.32. The van der Waals surface area contributed by atoms with Gasteiger partial charge < -0.3 is 19.5 Å². The Balaban J connectivity index is 1.86. The first-order chi connectivity index (χ1) is 12.6. The summed E-state index contributed by atoms with van der Waals surface area (Å²) >= 11 is 1.23. The van der Waals surface area contributed by atoms with Crippen molar-refractivity contribution in [2.45, 2.75) is 37.8 Å². The number of nitrogens with zero attached hydrogens (tertiary/aromatic N) is 1. The fraction of sp³-hybridized carbons (Fsp3) is 0.474. The first kappa shape index (κ1) is 20.1. The minimum atomic E-state index is -0.860. The Morgan fingerprint density at radius 1 is 1.50 bits per heavy atom. The Morgan fingerprint density at radius 3 is 3.08 bits per heavy atom. The van der Waals surface area contributed by atoms with Crippen molar-refractivity contribution >= 4 is 23.6 Å². The molecule has 1 aliphatic rings. The number of thioether (sulfide) groups is 1. The number of aliphatic carboxylic acids is 1. The Bertz CT molecular complexity index is 674. The number of furan rings is 1. The molecule has 1 aromatic rings. The number of piperidine rings is 1. The smallest absolute Gasteiger partial charge is 0.313 e. The molecule has 0 aliphatic carbocycles. The zero-order valence-corrected chi connectivity index (χ0v) is 15.3. The average molecular weight is 377 g/mol. The van der Waals surface area contributed by atoms with E-state index in [4.69, 9.17) is 9.52 Å². The highest BCUT2D eigenvalue weighted by Gasteiger charge is 2.25. The summed E-state index contributed by atoms with van der Waals surface area (Å²) < 4.78 is 5.22. The number of carboxylic acids is 1. The van der Waals surface area contributed by atoms with Crippen LogP contribution < -0.4 is 0 Å². The van der Waals surface area contributed by atoms with E-state index in [1.54, 1.807) is 23.3 Å². The first-order valence-corrected chi connectivity index (χ1v) is 9.65. The van der Waals surface area contributed by atoms with Crippen LogP contribution in [0.1, 0.15) is 25.0 Å². The quantitative estimate of drug-likeness (QED) is 0.409. The maximum atomic E-state index is 12.2. The fourth-order valence-corrected chi connectivity index (χ4v) is 3.17. The maximum Gasteiger partial charge on any atom is 0.313 e. The van der Waals surface area contributed by atoms with Gasteiger partial charge in [-0.1, -0.05) is 24.0 Å². The normalized spacial score (nSPS) is 18.6. The van der Waals surface area contributed by atoms with E-state index in [-0.39, 0.29) is 17.7 Å². The third-order valence-corrected chi connectivity index (χ3v) is 4.73. The van der Waals surface area contributed by atoms with Gasteiger partial charge in [0.2, 0.25) is 5.91 Å². The van der Waals surface area contributed by atoms with Crippen LogP contribution in [0.5, 0.6) is 0 Å². The van der Waals surface area contributed by atoms with Gasteiger partial charge in [-0.05, 0) is 25.0 Å². The number of carbonyl (C=O) groups is 2. The topological polar surface area (TPSA) is 91.0 Å². The molecule has 0 radical (unpaired) electrons. The number of likely N-dealkylation sites (tertiary alicyclic amines) is 1. The molecule has 0 aromatic carbocycles. The molecule has 1 unspecified atom stereocenters. The molecule has 1 fully saturated rings. The molecule has 0 saturated carbocycles. The number of carbonyl (C=O) groups excluding carboxylic acids is 1. The molecule has 0 bridgehead atoms. The Labute approximate surface area is 157 Å². The molecule has 1 saturated heterocycles. The minimum Gasteiger partial charge on any atom is -0.481 e. The lowest BCUT2D eigenvalue weighted by atomic mass is 10.00. The summed E-state index contributed by atoms with van der Waals surface area (Å²) in [6, 6.07) is 3.51. The number of aliphatic hydroxyl groups is 1. The van der Waals surface area contributed by atoms with E-state index in [9.17, 15) is 14.7 Å². The SMILES string of the molecule is O=C(O)CSCC#CCN1C(=O)CCC[C@@H]1/C=C/C(O)Cc1ccco1. The second-order valence-corrected chi connectivity index (χ2v) is 6.94. The summed E-state index contributed by atoms with van der Waals surface area (Å²) in [4.78, 5) is 24.3. The summed E-state index contributed by atoms with van der Waals surface area (Å²) in [6.07, 6.45) is 7.03. The summed E-state index contributed by atoms with van der Waals surface area (Å²) in [6.45, 7) is 0.315. The van der Waals surface area contributed by atoms with Crippen molar-refractivity contribution in [2.75, 3.05) is 18.1 Å². The number of hydrogen-bond acceptors (Lipinski definition) is 5. The van der Waals surface area contributed by atoms with Crippen LogP contribution in [0.2, 0.25) is 0 Å². The summed E-state index contributed by atoms with van der Waals surface area (Å²) in [5.41, 5.74) is 0. The van der Waals surface area contributed by atoms with Gasteiger partial charge in [0.15, 0.2) is 0 Å². The van der Waals surface area contributed by atoms with Crippen molar-refractivity contribution in [2.24, 2.45) is 0 Å². The van der Waals surface area contributed by atoms with E-state index < -0.39 is 12.1 Å². The summed E-state index contributed by atoms with van der Waals surface area (Å²) in [7, 11) is 0. The highest BCUT2D eigenvalue weighted by molar-refractivity contribution is 8.00. The van der Waals surface area contributed by atoms with E-state index in [0.29, 0.717) is 30.9 Å². The number of aliphatic hydroxyl groups excluding tert-OH is 1. The number of amides is 1. The predicted molar refractivity (Wildman–Crippen MR) is 99.6 cm³/mol. The largest absolute Gasteiger partial charge is 0.481 e. The van der Waals surface area contributed by atoms with Crippen LogP contribution in [0.15, 0.2) is 35.0 Å². The van der Waals surface area contributed by atoms with E-state index >= 15 is 0 Å². The second-order valence-electron chi connectivity index (χ2n) is 5.96. The second kappa shape index (κ2) is 10.7. The molecule has 1 aromatic heterocycles. The van der Waals surface area contributed by atoms with Gasteiger partial charge >= 0.3 is 5.97 Å². The zero-order chi connectivity index (χ0) is 18.8. The Hall–Kier alpha value is -2.17. The Morgan fingerprint density at radius 2 is 2.35 bits per heavy atom. The number of rotatable bonds is 8. The molecule has 140 valence electrons. The molecule has 7 heteroatoms. The molecule has 1 aliphatic heterocycles. The van der Waals surface area contributed by atoms with Crippen LogP contribution in [0.4, 0.5) is 0 Å². The molecule has 6 nitrogen and oxygen atoms in total. The lowest BCUT2D eigenvalue weighted by molar-refractivity contribution is -0.135. The van der Waals surface area contributed by atoms with Crippen molar-refractivity contribution in [3.63, 3.8) is 0 Å². The molecule has 0 spiro atoms. The number of hydrogen-bond donors (Lipinski definition) is 2. The highest BCUT2D eigenvalue weighted by atomic mass is 32.2. The van der Waals surface area contributed by atoms with Crippen LogP contribution in [0, 0.1) is 11.8 Å². The third kappa shape index (κ3) is 6.98. The Kier molecular flexibility index (Phi) is 8.32. The molecule has 2 N–H and O–H groups in total. The molecular weight excluding hydrogens is 354 g/mol. The summed E-state index contributed by atoms with van der Waals surface area (Å²) in [5, 5.41) is 18.7. The predicted octanol–water partition coefficient (Wildman–Crippen LogP) is 1.94. The molecule has 1 amide bonds. The van der Waals surface area contributed by atoms with E-state index in [1.165, 1.54) is 11.8 Å². The van der Waals surface area contributed by atoms with Gasteiger partial charge in [-0.25, -0.2) is 0 Å². The number of carboxylic acid groups (broad SMARTS) is 1. The van der Waals surface area contributed by atoms with Gasteiger partial charge in [0.1, 0.15) is 5.76 Å². The van der Waals surface area contributed by atoms with Gasteiger partial charge in [-0.15, -0.1) is 11.8 Å².